The Morgan fingerprint density at radius 3 is 2.04 bits per heavy atom. The first-order chi connectivity index (χ1) is 11.1. The molecular formula is C17H13NO4S. The average molecular weight is 327 g/mol. The molecule has 0 atom stereocenters. The average Bonchev–Trinajstić information content (AvgIpc) is 2.57. The van der Waals surface area contributed by atoms with Crippen molar-refractivity contribution in [1.82, 2.24) is 4.98 Å². The molecule has 2 aromatic carbocycles. The topological polar surface area (TPSA) is 65.5 Å². The molecule has 0 unspecified atom stereocenters. The van der Waals surface area contributed by atoms with Crippen molar-refractivity contribution in [2.45, 2.75) is 4.90 Å². The van der Waals surface area contributed by atoms with Crippen molar-refractivity contribution >= 4 is 10.1 Å². The summed E-state index contributed by atoms with van der Waals surface area (Å²) in [5.41, 5.74) is 0. The van der Waals surface area contributed by atoms with Crippen molar-refractivity contribution < 1.29 is 17.3 Å². The lowest BCUT2D eigenvalue weighted by molar-refractivity contribution is 0.473. The molecule has 0 saturated carbocycles. The van der Waals surface area contributed by atoms with Gasteiger partial charge < -0.3 is 8.92 Å². The van der Waals surface area contributed by atoms with Crippen molar-refractivity contribution in [3.63, 3.8) is 0 Å². The summed E-state index contributed by atoms with van der Waals surface area (Å²) in [4.78, 5) is 3.87. The zero-order valence-corrected chi connectivity index (χ0v) is 12.8. The normalized spacial score (nSPS) is 11.0. The van der Waals surface area contributed by atoms with Crippen molar-refractivity contribution in [2.24, 2.45) is 0 Å². The minimum Gasteiger partial charge on any atom is -0.457 e. The van der Waals surface area contributed by atoms with E-state index in [1.807, 2.05) is 30.3 Å². The highest BCUT2D eigenvalue weighted by molar-refractivity contribution is 7.87. The van der Waals surface area contributed by atoms with Gasteiger partial charge in [0.2, 0.25) is 5.88 Å². The molecule has 0 bridgehead atoms. The van der Waals surface area contributed by atoms with Gasteiger partial charge in [0.25, 0.3) is 0 Å². The molecule has 0 aliphatic heterocycles. The van der Waals surface area contributed by atoms with E-state index in [2.05, 4.69) is 4.98 Å². The van der Waals surface area contributed by atoms with Gasteiger partial charge in [-0.05, 0) is 42.5 Å². The van der Waals surface area contributed by atoms with Crippen molar-refractivity contribution in [1.29, 1.82) is 0 Å². The van der Waals surface area contributed by atoms with Gasteiger partial charge in [0.15, 0.2) is 0 Å². The summed E-state index contributed by atoms with van der Waals surface area (Å²) >= 11 is 0. The van der Waals surface area contributed by atoms with Crippen LogP contribution < -0.4 is 8.92 Å². The van der Waals surface area contributed by atoms with Crippen LogP contribution in [0, 0.1) is 0 Å². The molecule has 23 heavy (non-hydrogen) atoms. The fourth-order valence-corrected chi connectivity index (χ4v) is 2.74. The van der Waals surface area contributed by atoms with Crippen LogP contribution in [0.25, 0.3) is 0 Å². The molecule has 0 amide bonds. The molecule has 0 aliphatic carbocycles. The molecule has 0 spiro atoms. The third kappa shape index (κ3) is 3.87. The van der Waals surface area contributed by atoms with E-state index in [0.717, 1.165) is 0 Å². The van der Waals surface area contributed by atoms with E-state index >= 15 is 0 Å². The lowest BCUT2D eigenvalue weighted by Gasteiger charge is -2.08. The van der Waals surface area contributed by atoms with Crippen LogP contribution in [0.3, 0.4) is 0 Å². The lowest BCUT2D eigenvalue weighted by Crippen LogP contribution is -2.10. The Bertz CT molecular complexity index is 863. The quantitative estimate of drug-likeness (QED) is 0.669. The summed E-state index contributed by atoms with van der Waals surface area (Å²) in [6.45, 7) is 0. The Labute approximate surface area is 134 Å². The second-order valence-electron chi connectivity index (χ2n) is 4.59. The lowest BCUT2D eigenvalue weighted by atomic mass is 10.3. The Morgan fingerprint density at radius 1 is 0.739 bits per heavy atom. The predicted molar refractivity (Wildman–Crippen MR) is 85.0 cm³/mol. The molecule has 0 fully saturated rings. The zero-order chi connectivity index (χ0) is 16.1. The second kappa shape index (κ2) is 6.50. The van der Waals surface area contributed by atoms with E-state index in [0.29, 0.717) is 11.5 Å². The highest BCUT2D eigenvalue weighted by Crippen LogP contribution is 2.23. The Balaban J connectivity index is 1.76. The smallest absolute Gasteiger partial charge is 0.340 e. The predicted octanol–water partition coefficient (Wildman–Crippen LogP) is 3.64. The fourth-order valence-electron chi connectivity index (χ4n) is 1.86. The second-order valence-corrected chi connectivity index (χ2v) is 6.14. The minimum atomic E-state index is -3.92. The van der Waals surface area contributed by atoms with Crippen LogP contribution in [-0.2, 0) is 10.1 Å². The van der Waals surface area contributed by atoms with Gasteiger partial charge in [-0.15, -0.1) is 0 Å². The number of hydrogen-bond acceptors (Lipinski definition) is 5. The standard InChI is InChI=1S/C17H13NO4S/c19-23(20,22-17-8-4-5-13-18-17)16-11-9-15(10-12-16)21-14-6-2-1-3-7-14/h1-13H. The van der Waals surface area contributed by atoms with E-state index in [1.165, 1.54) is 24.4 Å². The molecule has 6 heteroatoms. The number of para-hydroxylation sites is 1. The van der Waals surface area contributed by atoms with Gasteiger partial charge in [-0.3, -0.25) is 0 Å². The van der Waals surface area contributed by atoms with Gasteiger partial charge >= 0.3 is 10.1 Å². The molecule has 1 aromatic heterocycles. The van der Waals surface area contributed by atoms with Crippen LogP contribution in [0.5, 0.6) is 17.4 Å². The van der Waals surface area contributed by atoms with E-state index < -0.39 is 10.1 Å². The van der Waals surface area contributed by atoms with Crippen LogP contribution in [0.15, 0.2) is 83.9 Å². The van der Waals surface area contributed by atoms with Gasteiger partial charge in [0.05, 0.1) is 0 Å². The summed E-state index contributed by atoms with van der Waals surface area (Å²) < 4.78 is 34.9. The molecular weight excluding hydrogens is 314 g/mol. The Hall–Kier alpha value is -2.86. The first-order valence-corrected chi connectivity index (χ1v) is 8.23. The molecule has 0 radical (unpaired) electrons. The Kier molecular flexibility index (Phi) is 4.25. The number of nitrogens with zero attached hydrogens (tertiary/aromatic N) is 1. The number of rotatable bonds is 5. The summed E-state index contributed by atoms with van der Waals surface area (Å²) in [6, 6.07) is 20.0. The molecule has 3 rings (SSSR count). The van der Waals surface area contributed by atoms with Crippen LogP contribution >= 0.6 is 0 Å². The number of ether oxygens (including phenoxy) is 1. The van der Waals surface area contributed by atoms with Crippen molar-refractivity contribution in [2.75, 3.05) is 0 Å². The SMILES string of the molecule is O=S(=O)(Oc1ccccn1)c1ccc(Oc2ccccc2)cc1. The summed E-state index contributed by atoms with van der Waals surface area (Å²) in [5, 5.41) is 0. The van der Waals surface area contributed by atoms with Gasteiger partial charge in [-0.25, -0.2) is 4.98 Å². The molecule has 116 valence electrons. The van der Waals surface area contributed by atoms with Gasteiger partial charge in [-0.2, -0.15) is 8.42 Å². The number of aromatic nitrogens is 1. The summed E-state index contributed by atoms with van der Waals surface area (Å²) in [5.74, 6) is 1.23. The van der Waals surface area contributed by atoms with Gasteiger partial charge in [0, 0.05) is 12.3 Å². The van der Waals surface area contributed by atoms with E-state index in [1.54, 1.807) is 24.3 Å². The van der Waals surface area contributed by atoms with Crippen LogP contribution in [-0.4, -0.2) is 13.4 Å². The maximum Gasteiger partial charge on any atom is 0.340 e. The number of pyridine rings is 1. The first kappa shape index (κ1) is 15.1. The number of benzene rings is 2. The fraction of sp³-hybridized carbons (Fsp3) is 0. The molecule has 5 nitrogen and oxygen atoms in total. The molecule has 3 aromatic rings. The first-order valence-electron chi connectivity index (χ1n) is 6.82. The highest BCUT2D eigenvalue weighted by Gasteiger charge is 2.17. The molecule has 1 heterocycles. The third-order valence-corrected chi connectivity index (χ3v) is 4.16. The molecule has 0 saturated heterocycles. The maximum atomic E-state index is 12.2. The molecule has 0 aliphatic rings. The monoisotopic (exact) mass is 327 g/mol. The summed E-state index contributed by atoms with van der Waals surface area (Å²) in [6.07, 6.45) is 1.46. The van der Waals surface area contributed by atoms with Gasteiger partial charge in [-0.1, -0.05) is 24.3 Å². The number of hydrogen-bond donors (Lipinski definition) is 0. The zero-order valence-electron chi connectivity index (χ0n) is 12.0. The van der Waals surface area contributed by atoms with Crippen LogP contribution in [0.2, 0.25) is 0 Å². The van der Waals surface area contributed by atoms with Crippen molar-refractivity contribution in [3.8, 4) is 17.4 Å². The summed E-state index contributed by atoms with van der Waals surface area (Å²) in [7, 11) is -3.92. The minimum absolute atomic E-state index is 0.0251. The van der Waals surface area contributed by atoms with Crippen molar-refractivity contribution in [3.05, 3.63) is 79.0 Å². The van der Waals surface area contributed by atoms with Crippen LogP contribution in [0.4, 0.5) is 0 Å². The highest BCUT2D eigenvalue weighted by atomic mass is 32.2. The van der Waals surface area contributed by atoms with Gasteiger partial charge in [0.1, 0.15) is 16.4 Å². The van der Waals surface area contributed by atoms with E-state index in [-0.39, 0.29) is 10.8 Å². The van der Waals surface area contributed by atoms with E-state index in [9.17, 15) is 8.42 Å². The van der Waals surface area contributed by atoms with E-state index in [4.69, 9.17) is 8.92 Å². The van der Waals surface area contributed by atoms with Crippen LogP contribution in [0.1, 0.15) is 0 Å². The third-order valence-electron chi connectivity index (χ3n) is 2.92. The largest absolute Gasteiger partial charge is 0.457 e. The maximum absolute atomic E-state index is 12.2. The Morgan fingerprint density at radius 2 is 1.39 bits per heavy atom. The molecule has 0 N–H and O–H groups in total.